The summed E-state index contributed by atoms with van der Waals surface area (Å²) in [5.41, 5.74) is 0.295. The number of nitriles is 2. The molecule has 0 aliphatic carbocycles. The summed E-state index contributed by atoms with van der Waals surface area (Å²) < 4.78 is 26.1. The number of nitrogens with one attached hydrogen (secondary N) is 1. The van der Waals surface area contributed by atoms with Gasteiger partial charge in [-0.3, -0.25) is 0 Å². The normalized spacial score (nSPS) is 10.6. The highest BCUT2D eigenvalue weighted by molar-refractivity contribution is 7.89. The van der Waals surface area contributed by atoms with Gasteiger partial charge in [-0.1, -0.05) is 11.6 Å². The van der Waals surface area contributed by atoms with E-state index < -0.39 is 10.0 Å². The summed E-state index contributed by atoms with van der Waals surface area (Å²) in [6.45, 7) is 0.173. The van der Waals surface area contributed by atoms with E-state index in [0.29, 0.717) is 12.0 Å². The summed E-state index contributed by atoms with van der Waals surface area (Å²) in [5, 5.41) is 17.0. The monoisotopic (exact) mass is 283 g/mol. The van der Waals surface area contributed by atoms with Crippen molar-refractivity contribution in [1.82, 2.24) is 4.72 Å². The molecule has 0 fully saturated rings. The topological polar surface area (TPSA) is 93.8 Å². The second-order valence-corrected chi connectivity index (χ2v) is 5.56. The summed E-state index contributed by atoms with van der Waals surface area (Å²) in [6.07, 6.45) is 0.716. The molecule has 1 N–H and O–H groups in total. The molecule has 1 aromatic rings. The lowest BCUT2D eigenvalue weighted by atomic mass is 10.2. The number of hydrogen-bond donors (Lipinski definition) is 1. The molecule has 0 spiro atoms. The molecule has 18 heavy (non-hydrogen) atoms. The third-order valence-corrected chi connectivity index (χ3v) is 4.05. The fourth-order valence-corrected chi connectivity index (χ4v) is 2.86. The van der Waals surface area contributed by atoms with Crippen LogP contribution in [0.15, 0.2) is 23.1 Å². The van der Waals surface area contributed by atoms with E-state index in [2.05, 4.69) is 4.72 Å². The highest BCUT2D eigenvalue weighted by Gasteiger charge is 2.17. The van der Waals surface area contributed by atoms with Gasteiger partial charge in [0.25, 0.3) is 0 Å². The Labute approximate surface area is 111 Å². The number of benzene rings is 1. The number of sulfonamides is 1. The summed E-state index contributed by atoms with van der Waals surface area (Å²) in [6, 6.07) is 7.76. The van der Waals surface area contributed by atoms with E-state index in [0.717, 1.165) is 0 Å². The van der Waals surface area contributed by atoms with Crippen molar-refractivity contribution in [3.8, 4) is 12.1 Å². The maximum atomic E-state index is 11.9. The van der Waals surface area contributed by atoms with Crippen LogP contribution in [-0.2, 0) is 10.0 Å². The van der Waals surface area contributed by atoms with Crippen LogP contribution in [0, 0.1) is 22.7 Å². The van der Waals surface area contributed by atoms with Crippen LogP contribution in [0.25, 0.3) is 0 Å². The van der Waals surface area contributed by atoms with Gasteiger partial charge < -0.3 is 0 Å². The zero-order chi connectivity index (χ0) is 13.6. The second-order valence-electron chi connectivity index (χ2n) is 3.42. The predicted molar refractivity (Wildman–Crippen MR) is 66.2 cm³/mol. The molecular formula is C11H10ClN3O2S. The summed E-state index contributed by atoms with van der Waals surface area (Å²) in [4.78, 5) is -0.0693. The minimum atomic E-state index is -3.70. The van der Waals surface area contributed by atoms with Crippen LogP contribution in [0.3, 0.4) is 0 Å². The third kappa shape index (κ3) is 3.71. The standard InChI is InChI=1S/C11H10ClN3O2S/c12-10-7-9(8-14)3-4-11(10)18(16,17)15-6-2-1-5-13/h3-4,7,15H,1-2,6H2. The molecule has 7 heteroatoms. The van der Waals surface area contributed by atoms with Crippen molar-refractivity contribution in [3.05, 3.63) is 28.8 Å². The molecule has 94 valence electrons. The van der Waals surface area contributed by atoms with Crippen LogP contribution >= 0.6 is 11.6 Å². The molecule has 0 heterocycles. The van der Waals surface area contributed by atoms with Crippen molar-refractivity contribution in [2.75, 3.05) is 6.54 Å². The SMILES string of the molecule is N#CCCCNS(=O)(=O)c1ccc(C#N)cc1Cl. The van der Waals surface area contributed by atoms with Crippen molar-refractivity contribution >= 4 is 21.6 Å². The zero-order valence-corrected chi connectivity index (χ0v) is 10.9. The number of nitrogens with zero attached hydrogens (tertiary/aromatic N) is 2. The van der Waals surface area contributed by atoms with E-state index in [1.807, 2.05) is 12.1 Å². The van der Waals surface area contributed by atoms with Gasteiger partial charge in [-0.2, -0.15) is 10.5 Å². The van der Waals surface area contributed by atoms with Crippen molar-refractivity contribution in [1.29, 1.82) is 10.5 Å². The van der Waals surface area contributed by atoms with Crippen LogP contribution in [0.2, 0.25) is 5.02 Å². The molecule has 0 aromatic heterocycles. The molecule has 0 saturated heterocycles. The minimum Gasteiger partial charge on any atom is -0.211 e. The van der Waals surface area contributed by atoms with E-state index >= 15 is 0 Å². The lowest BCUT2D eigenvalue weighted by Crippen LogP contribution is -2.25. The average molecular weight is 284 g/mol. The van der Waals surface area contributed by atoms with Crippen molar-refractivity contribution < 1.29 is 8.42 Å². The Hall–Kier alpha value is -1.60. The highest BCUT2D eigenvalue weighted by Crippen LogP contribution is 2.22. The minimum absolute atomic E-state index is 0.00170. The fraction of sp³-hybridized carbons (Fsp3) is 0.273. The molecular weight excluding hydrogens is 274 g/mol. The van der Waals surface area contributed by atoms with Gasteiger partial charge in [0.1, 0.15) is 4.90 Å². The second kappa shape index (κ2) is 6.36. The van der Waals surface area contributed by atoms with Gasteiger partial charge in [0.05, 0.1) is 22.7 Å². The highest BCUT2D eigenvalue weighted by atomic mass is 35.5. The van der Waals surface area contributed by atoms with Crippen molar-refractivity contribution in [2.45, 2.75) is 17.7 Å². The molecule has 1 rings (SSSR count). The fourth-order valence-electron chi connectivity index (χ4n) is 1.24. The van der Waals surface area contributed by atoms with Crippen LogP contribution in [0.1, 0.15) is 18.4 Å². The molecule has 0 aliphatic heterocycles. The maximum Gasteiger partial charge on any atom is 0.242 e. The Morgan fingerprint density at radius 1 is 1.33 bits per heavy atom. The average Bonchev–Trinajstić information content (AvgIpc) is 2.34. The van der Waals surface area contributed by atoms with Gasteiger partial charge in [-0.15, -0.1) is 0 Å². The summed E-state index contributed by atoms with van der Waals surface area (Å²) >= 11 is 5.81. The van der Waals surface area contributed by atoms with E-state index in [9.17, 15) is 8.42 Å². The third-order valence-electron chi connectivity index (χ3n) is 2.11. The van der Waals surface area contributed by atoms with E-state index in [4.69, 9.17) is 22.1 Å². The van der Waals surface area contributed by atoms with Gasteiger partial charge in [-0.05, 0) is 24.6 Å². The molecule has 0 atom stereocenters. The maximum absolute atomic E-state index is 11.9. The molecule has 1 aromatic carbocycles. The molecule has 0 amide bonds. The van der Waals surface area contributed by atoms with Crippen LogP contribution < -0.4 is 4.72 Å². The number of rotatable bonds is 5. The Kier molecular flexibility index (Phi) is 5.11. The van der Waals surface area contributed by atoms with E-state index in [-0.39, 0.29) is 22.9 Å². The largest absolute Gasteiger partial charge is 0.242 e. The van der Waals surface area contributed by atoms with Crippen molar-refractivity contribution in [2.24, 2.45) is 0 Å². The van der Waals surface area contributed by atoms with Crippen LogP contribution in [0.4, 0.5) is 0 Å². The lowest BCUT2D eigenvalue weighted by Gasteiger charge is -2.07. The van der Waals surface area contributed by atoms with Gasteiger partial charge in [0, 0.05) is 13.0 Å². The first kappa shape index (κ1) is 14.5. The Morgan fingerprint density at radius 3 is 2.61 bits per heavy atom. The molecule has 0 radical (unpaired) electrons. The number of halogens is 1. The molecule has 5 nitrogen and oxygen atoms in total. The number of hydrogen-bond acceptors (Lipinski definition) is 4. The zero-order valence-electron chi connectivity index (χ0n) is 9.35. The van der Waals surface area contributed by atoms with Gasteiger partial charge >= 0.3 is 0 Å². The van der Waals surface area contributed by atoms with Gasteiger partial charge in [0.15, 0.2) is 0 Å². The Morgan fingerprint density at radius 2 is 2.06 bits per heavy atom. The van der Waals surface area contributed by atoms with Crippen molar-refractivity contribution in [3.63, 3.8) is 0 Å². The van der Waals surface area contributed by atoms with Gasteiger partial charge in [-0.25, -0.2) is 13.1 Å². The summed E-state index contributed by atoms with van der Waals surface area (Å²) in [7, 11) is -3.70. The predicted octanol–water partition coefficient (Wildman–Crippen LogP) is 1.79. The molecule has 0 unspecified atom stereocenters. The van der Waals surface area contributed by atoms with Crippen LogP contribution in [0.5, 0.6) is 0 Å². The lowest BCUT2D eigenvalue weighted by molar-refractivity contribution is 0.579. The first-order chi connectivity index (χ1) is 8.51. The smallest absolute Gasteiger partial charge is 0.211 e. The van der Waals surface area contributed by atoms with E-state index in [1.165, 1.54) is 18.2 Å². The van der Waals surface area contributed by atoms with Gasteiger partial charge in [0.2, 0.25) is 10.0 Å². The first-order valence-corrected chi connectivity index (χ1v) is 6.93. The quantitative estimate of drug-likeness (QED) is 0.834. The van der Waals surface area contributed by atoms with E-state index in [1.54, 1.807) is 0 Å². The molecule has 0 aliphatic rings. The molecule has 0 saturated carbocycles. The molecule has 0 bridgehead atoms. The Bertz CT molecular complexity index is 614. The summed E-state index contributed by atoms with van der Waals surface area (Å²) in [5.74, 6) is 0. The number of unbranched alkanes of at least 4 members (excludes halogenated alkanes) is 1. The van der Waals surface area contributed by atoms with Crippen LogP contribution in [-0.4, -0.2) is 15.0 Å². The Balaban J connectivity index is 2.86. The first-order valence-electron chi connectivity index (χ1n) is 5.07.